The van der Waals surface area contributed by atoms with Gasteiger partial charge in [0.1, 0.15) is 0 Å². The molecule has 3 heteroatoms. The quantitative estimate of drug-likeness (QED) is 0.637. The first-order valence-corrected chi connectivity index (χ1v) is 5.78. The molecule has 0 aromatic rings. The number of hydrogen-bond donors (Lipinski definition) is 0. The molecule has 2 rings (SSSR count). The third-order valence-electron chi connectivity index (χ3n) is 3.34. The summed E-state index contributed by atoms with van der Waals surface area (Å²) in [5, 5.41) is 0. The van der Waals surface area contributed by atoms with Crippen molar-refractivity contribution in [3.05, 3.63) is 0 Å². The fourth-order valence-electron chi connectivity index (χ4n) is 2.56. The molecule has 0 amide bonds. The van der Waals surface area contributed by atoms with Crippen molar-refractivity contribution in [1.82, 2.24) is 4.90 Å². The fourth-order valence-corrected chi connectivity index (χ4v) is 2.56. The predicted molar refractivity (Wildman–Crippen MR) is 55.5 cm³/mol. The summed E-state index contributed by atoms with van der Waals surface area (Å²) in [6.45, 7) is 8.00. The van der Waals surface area contributed by atoms with E-state index in [0.717, 1.165) is 39.4 Å². The van der Waals surface area contributed by atoms with Crippen molar-refractivity contribution in [3.8, 4) is 0 Å². The number of rotatable bonds is 4. The first kappa shape index (κ1) is 10.4. The predicted octanol–water partition coefficient (Wildman–Crippen LogP) is 1.28. The largest absolute Gasteiger partial charge is 0.379 e. The molecule has 82 valence electrons. The van der Waals surface area contributed by atoms with Crippen LogP contribution in [0.2, 0.25) is 0 Å². The summed E-state index contributed by atoms with van der Waals surface area (Å²) >= 11 is 0. The minimum absolute atomic E-state index is 0.230. The summed E-state index contributed by atoms with van der Waals surface area (Å²) in [5.74, 6) is 0. The molecule has 0 spiro atoms. The zero-order chi connectivity index (χ0) is 9.86. The van der Waals surface area contributed by atoms with Crippen molar-refractivity contribution < 1.29 is 9.47 Å². The Labute approximate surface area is 86.4 Å². The molecule has 2 fully saturated rings. The smallest absolute Gasteiger partial charge is 0.0679 e. The van der Waals surface area contributed by atoms with Gasteiger partial charge in [0.25, 0.3) is 0 Å². The second kappa shape index (κ2) is 4.60. The molecule has 2 aliphatic rings. The average Bonchev–Trinajstić information content (AvgIpc) is 2.62. The van der Waals surface area contributed by atoms with Crippen LogP contribution in [0.5, 0.6) is 0 Å². The van der Waals surface area contributed by atoms with Crippen molar-refractivity contribution in [3.63, 3.8) is 0 Å². The molecule has 2 aliphatic heterocycles. The summed E-state index contributed by atoms with van der Waals surface area (Å²) in [6, 6.07) is 0. The van der Waals surface area contributed by atoms with Crippen LogP contribution >= 0.6 is 0 Å². The first-order valence-electron chi connectivity index (χ1n) is 5.78. The molecule has 0 radical (unpaired) electrons. The zero-order valence-corrected chi connectivity index (χ0v) is 9.13. The molecule has 3 nitrogen and oxygen atoms in total. The van der Waals surface area contributed by atoms with Crippen LogP contribution < -0.4 is 0 Å². The van der Waals surface area contributed by atoms with Gasteiger partial charge >= 0.3 is 0 Å². The lowest BCUT2D eigenvalue weighted by Crippen LogP contribution is -2.55. The third kappa shape index (κ3) is 1.95. The molecule has 0 bridgehead atoms. The number of hydrogen-bond acceptors (Lipinski definition) is 3. The molecule has 0 saturated carbocycles. The van der Waals surface area contributed by atoms with E-state index in [-0.39, 0.29) is 5.54 Å². The monoisotopic (exact) mass is 199 g/mol. The van der Waals surface area contributed by atoms with Crippen LogP contribution in [0.3, 0.4) is 0 Å². The SMILES string of the molecule is CCCOCC12CCCN1CCOC2. The lowest BCUT2D eigenvalue weighted by atomic mass is 9.97. The summed E-state index contributed by atoms with van der Waals surface area (Å²) < 4.78 is 11.3. The van der Waals surface area contributed by atoms with Gasteiger partial charge in [-0.3, -0.25) is 4.90 Å². The van der Waals surface area contributed by atoms with Crippen LogP contribution in [0.25, 0.3) is 0 Å². The Morgan fingerprint density at radius 3 is 3.21 bits per heavy atom. The van der Waals surface area contributed by atoms with E-state index in [1.807, 2.05) is 0 Å². The maximum atomic E-state index is 5.71. The molecule has 1 atom stereocenters. The van der Waals surface area contributed by atoms with Crippen molar-refractivity contribution in [1.29, 1.82) is 0 Å². The summed E-state index contributed by atoms with van der Waals surface area (Å²) in [4.78, 5) is 2.56. The molecule has 2 heterocycles. The Hall–Kier alpha value is -0.120. The van der Waals surface area contributed by atoms with E-state index in [2.05, 4.69) is 11.8 Å². The Morgan fingerprint density at radius 1 is 1.43 bits per heavy atom. The van der Waals surface area contributed by atoms with Gasteiger partial charge in [-0.25, -0.2) is 0 Å². The van der Waals surface area contributed by atoms with E-state index in [1.165, 1.54) is 19.4 Å². The minimum Gasteiger partial charge on any atom is -0.379 e. The maximum Gasteiger partial charge on any atom is 0.0679 e. The van der Waals surface area contributed by atoms with Crippen molar-refractivity contribution in [2.45, 2.75) is 31.7 Å². The molecule has 0 N–H and O–H groups in total. The Kier molecular flexibility index (Phi) is 3.42. The Bertz CT molecular complexity index is 186. The van der Waals surface area contributed by atoms with Gasteiger partial charge in [-0.05, 0) is 25.8 Å². The molecule has 1 unspecified atom stereocenters. The van der Waals surface area contributed by atoms with Crippen LogP contribution in [-0.2, 0) is 9.47 Å². The zero-order valence-electron chi connectivity index (χ0n) is 9.13. The van der Waals surface area contributed by atoms with E-state index in [1.54, 1.807) is 0 Å². The highest BCUT2D eigenvalue weighted by Gasteiger charge is 2.43. The Morgan fingerprint density at radius 2 is 2.36 bits per heavy atom. The molecule has 0 aromatic heterocycles. The van der Waals surface area contributed by atoms with E-state index in [4.69, 9.17) is 9.47 Å². The van der Waals surface area contributed by atoms with Crippen LogP contribution in [0.4, 0.5) is 0 Å². The number of fused-ring (bicyclic) bond motifs is 1. The van der Waals surface area contributed by atoms with E-state index in [9.17, 15) is 0 Å². The second-order valence-corrected chi connectivity index (χ2v) is 4.42. The van der Waals surface area contributed by atoms with Gasteiger partial charge in [-0.2, -0.15) is 0 Å². The second-order valence-electron chi connectivity index (χ2n) is 4.42. The highest BCUT2D eigenvalue weighted by atomic mass is 16.5. The van der Waals surface area contributed by atoms with Gasteiger partial charge < -0.3 is 9.47 Å². The van der Waals surface area contributed by atoms with Crippen molar-refractivity contribution >= 4 is 0 Å². The lowest BCUT2D eigenvalue weighted by Gasteiger charge is -2.41. The normalized spacial score (nSPS) is 33.2. The minimum atomic E-state index is 0.230. The highest BCUT2D eigenvalue weighted by Crippen LogP contribution is 2.32. The molecular formula is C11H21NO2. The van der Waals surface area contributed by atoms with Crippen LogP contribution in [-0.4, -0.2) is 50.0 Å². The molecule has 0 aromatic carbocycles. The highest BCUT2D eigenvalue weighted by molar-refractivity contribution is 4.97. The molecule has 0 aliphatic carbocycles. The van der Waals surface area contributed by atoms with E-state index in [0.29, 0.717) is 0 Å². The molecule has 2 saturated heterocycles. The van der Waals surface area contributed by atoms with Crippen LogP contribution in [0.15, 0.2) is 0 Å². The van der Waals surface area contributed by atoms with Gasteiger partial charge in [0, 0.05) is 13.2 Å². The van der Waals surface area contributed by atoms with Crippen molar-refractivity contribution in [2.24, 2.45) is 0 Å². The molecular weight excluding hydrogens is 178 g/mol. The number of nitrogens with zero attached hydrogens (tertiary/aromatic N) is 1. The standard InChI is InChI=1S/C11H21NO2/c1-2-7-13-9-11-4-3-5-12(11)6-8-14-10-11/h2-10H2,1H3. The van der Waals surface area contributed by atoms with Gasteiger partial charge in [0.05, 0.1) is 25.4 Å². The number of morpholine rings is 1. The Balaban J connectivity index is 1.89. The molecule has 14 heavy (non-hydrogen) atoms. The van der Waals surface area contributed by atoms with Crippen LogP contribution in [0, 0.1) is 0 Å². The summed E-state index contributed by atoms with van der Waals surface area (Å²) in [6.07, 6.45) is 3.66. The van der Waals surface area contributed by atoms with Gasteiger partial charge in [0.15, 0.2) is 0 Å². The van der Waals surface area contributed by atoms with Gasteiger partial charge in [-0.15, -0.1) is 0 Å². The van der Waals surface area contributed by atoms with E-state index < -0.39 is 0 Å². The lowest BCUT2D eigenvalue weighted by molar-refractivity contribution is -0.0848. The summed E-state index contributed by atoms with van der Waals surface area (Å²) in [5.41, 5.74) is 0.230. The fraction of sp³-hybridized carbons (Fsp3) is 1.00. The van der Waals surface area contributed by atoms with E-state index >= 15 is 0 Å². The third-order valence-corrected chi connectivity index (χ3v) is 3.34. The number of ether oxygens (including phenoxy) is 2. The van der Waals surface area contributed by atoms with Gasteiger partial charge in [-0.1, -0.05) is 6.92 Å². The van der Waals surface area contributed by atoms with Crippen molar-refractivity contribution in [2.75, 3.05) is 39.5 Å². The average molecular weight is 199 g/mol. The van der Waals surface area contributed by atoms with Crippen LogP contribution in [0.1, 0.15) is 26.2 Å². The maximum absolute atomic E-state index is 5.71. The van der Waals surface area contributed by atoms with Gasteiger partial charge in [0.2, 0.25) is 0 Å². The topological polar surface area (TPSA) is 21.7 Å². The summed E-state index contributed by atoms with van der Waals surface area (Å²) in [7, 11) is 0. The first-order chi connectivity index (χ1) is 6.87.